The second kappa shape index (κ2) is 5.09. The fourth-order valence-corrected chi connectivity index (χ4v) is 1.36. The van der Waals surface area contributed by atoms with Crippen LogP contribution in [0.25, 0.3) is 0 Å². The van der Waals surface area contributed by atoms with Gasteiger partial charge in [0.2, 0.25) is 0 Å². The molecule has 2 rings (SSSR count). The third kappa shape index (κ3) is 2.70. The number of aromatic carboxylic acids is 1. The zero-order valence-corrected chi connectivity index (χ0v) is 9.32. The molecule has 0 spiro atoms. The molecular weight excluding hydrogens is 232 g/mol. The van der Waals surface area contributed by atoms with Crippen LogP contribution >= 0.6 is 0 Å². The first-order valence-corrected chi connectivity index (χ1v) is 5.17. The van der Waals surface area contributed by atoms with Gasteiger partial charge in [-0.15, -0.1) is 0 Å². The van der Waals surface area contributed by atoms with E-state index in [-0.39, 0.29) is 11.3 Å². The smallest absolute Gasteiger partial charge is 0.335 e. The van der Waals surface area contributed by atoms with Crippen molar-refractivity contribution in [2.24, 2.45) is 4.99 Å². The fourth-order valence-electron chi connectivity index (χ4n) is 1.36. The first-order chi connectivity index (χ1) is 8.66. The minimum absolute atomic E-state index is 0.0211. The van der Waals surface area contributed by atoms with E-state index < -0.39 is 5.97 Å². The fraction of sp³-hybridized carbons (Fsp3) is 0. The minimum atomic E-state index is -1.09. The van der Waals surface area contributed by atoms with Gasteiger partial charge in [0, 0.05) is 24.2 Å². The van der Waals surface area contributed by atoms with E-state index in [2.05, 4.69) is 9.98 Å². The van der Waals surface area contributed by atoms with Crippen molar-refractivity contribution >= 4 is 17.9 Å². The van der Waals surface area contributed by atoms with Gasteiger partial charge >= 0.3 is 5.97 Å². The lowest BCUT2D eigenvalue weighted by atomic mass is 10.2. The Hall–Kier alpha value is -2.69. The Morgan fingerprint density at radius 1 is 1.33 bits per heavy atom. The molecule has 0 unspecified atom stereocenters. The Kier molecular flexibility index (Phi) is 3.33. The molecule has 0 aliphatic carbocycles. The van der Waals surface area contributed by atoms with Crippen LogP contribution in [0.4, 0.5) is 5.69 Å². The largest absolute Gasteiger partial charge is 0.506 e. The summed E-state index contributed by atoms with van der Waals surface area (Å²) in [6.45, 7) is 0. The molecule has 0 amide bonds. The molecule has 5 nitrogen and oxygen atoms in total. The number of aliphatic imine (C=N–C) groups is 1. The van der Waals surface area contributed by atoms with Gasteiger partial charge in [0.25, 0.3) is 0 Å². The molecule has 0 aliphatic rings. The molecule has 0 saturated heterocycles. The number of aromatic hydroxyl groups is 1. The van der Waals surface area contributed by atoms with E-state index in [1.165, 1.54) is 12.1 Å². The lowest BCUT2D eigenvalue weighted by molar-refractivity contribution is 0.0696. The molecule has 0 bridgehead atoms. The van der Waals surface area contributed by atoms with Crippen LogP contribution in [0.15, 0.2) is 47.7 Å². The van der Waals surface area contributed by atoms with Gasteiger partial charge in [-0.1, -0.05) is 6.07 Å². The molecule has 2 N–H and O–H groups in total. The van der Waals surface area contributed by atoms with Crippen LogP contribution in [0.3, 0.4) is 0 Å². The first kappa shape index (κ1) is 11.8. The molecule has 0 saturated carbocycles. The van der Waals surface area contributed by atoms with Crippen LogP contribution in [-0.2, 0) is 0 Å². The molecule has 0 radical (unpaired) electrons. The van der Waals surface area contributed by atoms with Crippen molar-refractivity contribution in [3.8, 4) is 5.75 Å². The summed E-state index contributed by atoms with van der Waals surface area (Å²) in [5.41, 5.74) is 1.12. The van der Waals surface area contributed by atoms with E-state index in [4.69, 9.17) is 5.11 Å². The normalized spacial score (nSPS) is 10.7. The van der Waals surface area contributed by atoms with Crippen LogP contribution in [0.1, 0.15) is 15.9 Å². The number of rotatable bonds is 3. The number of aromatic nitrogens is 1. The molecule has 0 aliphatic heterocycles. The van der Waals surface area contributed by atoms with Crippen molar-refractivity contribution in [1.82, 2.24) is 4.98 Å². The highest BCUT2D eigenvalue weighted by Gasteiger charge is 2.06. The Morgan fingerprint density at radius 2 is 2.17 bits per heavy atom. The van der Waals surface area contributed by atoms with Gasteiger partial charge < -0.3 is 10.2 Å². The summed E-state index contributed by atoms with van der Waals surface area (Å²) < 4.78 is 0. The SMILES string of the molecule is O=C(O)c1ccc(N=Cc2cccnc2)c(O)c1. The van der Waals surface area contributed by atoms with E-state index in [9.17, 15) is 9.90 Å². The molecule has 0 fully saturated rings. The maximum absolute atomic E-state index is 10.7. The summed E-state index contributed by atoms with van der Waals surface area (Å²) in [5.74, 6) is -1.26. The minimum Gasteiger partial charge on any atom is -0.506 e. The average molecular weight is 242 g/mol. The number of hydrogen-bond donors (Lipinski definition) is 2. The zero-order chi connectivity index (χ0) is 13.0. The predicted molar refractivity (Wildman–Crippen MR) is 66.6 cm³/mol. The Bertz CT molecular complexity index is 594. The number of phenols is 1. The van der Waals surface area contributed by atoms with Crippen molar-refractivity contribution in [2.75, 3.05) is 0 Å². The highest BCUT2D eigenvalue weighted by atomic mass is 16.4. The lowest BCUT2D eigenvalue weighted by Gasteiger charge is -2.00. The molecule has 90 valence electrons. The second-order valence-electron chi connectivity index (χ2n) is 3.55. The highest BCUT2D eigenvalue weighted by molar-refractivity contribution is 5.89. The van der Waals surface area contributed by atoms with Gasteiger partial charge in [-0.2, -0.15) is 0 Å². The van der Waals surface area contributed by atoms with Crippen molar-refractivity contribution in [3.05, 3.63) is 53.9 Å². The standard InChI is InChI=1S/C13H10N2O3/c16-12-6-10(13(17)18)3-4-11(12)15-8-9-2-1-5-14-7-9/h1-8,16H,(H,17,18). The monoisotopic (exact) mass is 242 g/mol. The third-order valence-electron chi connectivity index (χ3n) is 2.26. The van der Waals surface area contributed by atoms with E-state index in [0.29, 0.717) is 5.69 Å². The summed E-state index contributed by atoms with van der Waals surface area (Å²) in [7, 11) is 0. The number of carbonyl (C=O) groups is 1. The highest BCUT2D eigenvalue weighted by Crippen LogP contribution is 2.27. The summed E-state index contributed by atoms with van der Waals surface area (Å²) in [4.78, 5) is 18.7. The molecule has 1 aromatic heterocycles. The van der Waals surface area contributed by atoms with E-state index in [1.807, 2.05) is 6.07 Å². The van der Waals surface area contributed by atoms with Gasteiger partial charge in [0.1, 0.15) is 11.4 Å². The summed E-state index contributed by atoms with van der Waals surface area (Å²) in [6, 6.07) is 7.59. The summed E-state index contributed by atoms with van der Waals surface area (Å²) in [6.07, 6.45) is 4.82. The summed E-state index contributed by atoms with van der Waals surface area (Å²) >= 11 is 0. The van der Waals surface area contributed by atoms with Crippen molar-refractivity contribution < 1.29 is 15.0 Å². The zero-order valence-electron chi connectivity index (χ0n) is 9.32. The first-order valence-electron chi connectivity index (χ1n) is 5.17. The maximum Gasteiger partial charge on any atom is 0.335 e. The van der Waals surface area contributed by atoms with E-state index in [0.717, 1.165) is 11.6 Å². The van der Waals surface area contributed by atoms with E-state index >= 15 is 0 Å². The Morgan fingerprint density at radius 3 is 2.78 bits per heavy atom. The van der Waals surface area contributed by atoms with Crippen LogP contribution in [0.5, 0.6) is 5.75 Å². The molecule has 1 aromatic carbocycles. The number of benzene rings is 1. The lowest BCUT2D eigenvalue weighted by Crippen LogP contribution is -1.94. The van der Waals surface area contributed by atoms with E-state index in [1.54, 1.807) is 24.7 Å². The van der Waals surface area contributed by atoms with Crippen molar-refractivity contribution in [1.29, 1.82) is 0 Å². The molecule has 1 heterocycles. The summed E-state index contributed by atoms with van der Waals surface area (Å²) in [5, 5.41) is 18.4. The van der Waals surface area contributed by atoms with Crippen molar-refractivity contribution in [3.63, 3.8) is 0 Å². The van der Waals surface area contributed by atoms with Gasteiger partial charge in [0.05, 0.1) is 5.56 Å². The maximum atomic E-state index is 10.7. The number of carboxylic acids is 1. The van der Waals surface area contributed by atoms with Crippen LogP contribution in [0, 0.1) is 0 Å². The number of carboxylic acid groups (broad SMARTS) is 1. The van der Waals surface area contributed by atoms with Gasteiger partial charge in [-0.3, -0.25) is 9.98 Å². The predicted octanol–water partition coefficient (Wildman–Crippen LogP) is 2.24. The number of phenolic OH excluding ortho intramolecular Hbond substituents is 1. The Labute approximate surface area is 103 Å². The molecule has 0 atom stereocenters. The van der Waals surface area contributed by atoms with Gasteiger partial charge in [-0.05, 0) is 24.3 Å². The number of hydrogen-bond acceptors (Lipinski definition) is 4. The molecule has 18 heavy (non-hydrogen) atoms. The Balaban J connectivity index is 2.25. The van der Waals surface area contributed by atoms with Crippen LogP contribution in [-0.4, -0.2) is 27.4 Å². The molecular formula is C13H10N2O3. The second-order valence-corrected chi connectivity index (χ2v) is 3.55. The molecule has 5 heteroatoms. The number of nitrogens with zero attached hydrogens (tertiary/aromatic N) is 2. The van der Waals surface area contributed by atoms with Gasteiger partial charge in [-0.25, -0.2) is 4.79 Å². The topological polar surface area (TPSA) is 82.8 Å². The average Bonchev–Trinajstić information content (AvgIpc) is 2.38. The van der Waals surface area contributed by atoms with Crippen molar-refractivity contribution in [2.45, 2.75) is 0 Å². The quantitative estimate of drug-likeness (QED) is 0.808. The van der Waals surface area contributed by atoms with Crippen LogP contribution in [0.2, 0.25) is 0 Å². The third-order valence-corrected chi connectivity index (χ3v) is 2.26. The molecule has 2 aromatic rings. The van der Waals surface area contributed by atoms with Crippen LogP contribution < -0.4 is 0 Å². The van der Waals surface area contributed by atoms with Gasteiger partial charge in [0.15, 0.2) is 0 Å². The number of pyridine rings is 1.